The van der Waals surface area contributed by atoms with E-state index in [1.54, 1.807) is 6.20 Å². The molecule has 3 rings (SSSR count). The summed E-state index contributed by atoms with van der Waals surface area (Å²) < 4.78 is 4.18. The second-order valence-electron chi connectivity index (χ2n) is 3.34. The van der Waals surface area contributed by atoms with E-state index in [0.29, 0.717) is 11.0 Å². The number of nitrogen functional groups attached to an aromatic ring is 1. The molecule has 78 valence electrons. The van der Waals surface area contributed by atoms with Crippen molar-refractivity contribution in [1.82, 2.24) is 14.3 Å². The molecule has 0 spiro atoms. The van der Waals surface area contributed by atoms with Crippen LogP contribution in [-0.4, -0.2) is 14.3 Å². The summed E-state index contributed by atoms with van der Waals surface area (Å²) >= 11 is 1.18. The molecule has 2 heterocycles. The molecule has 0 saturated heterocycles. The molecule has 0 radical (unpaired) electrons. The normalized spacial score (nSPS) is 10.8. The molecule has 2 aromatic heterocycles. The summed E-state index contributed by atoms with van der Waals surface area (Å²) in [4.78, 5) is 8.47. The van der Waals surface area contributed by atoms with E-state index in [4.69, 9.17) is 5.73 Å². The molecule has 3 aromatic rings. The third kappa shape index (κ3) is 1.42. The number of pyridine rings is 1. The quantitative estimate of drug-likeness (QED) is 0.694. The Kier molecular flexibility index (Phi) is 2.04. The van der Waals surface area contributed by atoms with Gasteiger partial charge in [0.05, 0.1) is 0 Å². The first-order valence-electron chi connectivity index (χ1n) is 4.78. The molecule has 0 amide bonds. The number of fused-ring (bicyclic) bond motifs is 1. The highest BCUT2D eigenvalue weighted by atomic mass is 32.1. The van der Waals surface area contributed by atoms with Crippen LogP contribution in [0.25, 0.3) is 22.3 Å². The first-order valence-corrected chi connectivity index (χ1v) is 5.55. The molecule has 0 aliphatic carbocycles. The largest absolute Gasteiger partial charge is 0.374 e. The number of rotatable bonds is 1. The number of nitrogens with zero attached hydrogens (tertiary/aromatic N) is 3. The lowest BCUT2D eigenvalue weighted by atomic mass is 10.1. The molecule has 4 nitrogen and oxygen atoms in total. The summed E-state index contributed by atoms with van der Waals surface area (Å²) in [5.74, 6) is 0.597. The molecule has 0 saturated carbocycles. The Morgan fingerprint density at radius 2 is 2.00 bits per heavy atom. The standard InChI is InChI=1S/C11H8N4S/c12-11-14-10(15-16-11)9-8-4-2-1-3-7(8)5-6-13-9/h1-6H,(H2,12,14,15). The molecule has 16 heavy (non-hydrogen) atoms. The highest BCUT2D eigenvalue weighted by Gasteiger charge is 2.09. The summed E-state index contributed by atoms with van der Waals surface area (Å²) in [5, 5.41) is 2.63. The average molecular weight is 228 g/mol. The average Bonchev–Trinajstić information content (AvgIpc) is 2.75. The van der Waals surface area contributed by atoms with Crippen LogP contribution in [0.4, 0.5) is 5.13 Å². The van der Waals surface area contributed by atoms with E-state index in [-0.39, 0.29) is 0 Å². The van der Waals surface area contributed by atoms with Crippen LogP contribution in [0.1, 0.15) is 0 Å². The van der Waals surface area contributed by atoms with Crippen molar-refractivity contribution >= 4 is 27.4 Å². The van der Waals surface area contributed by atoms with Crippen molar-refractivity contribution in [3.05, 3.63) is 36.5 Å². The zero-order chi connectivity index (χ0) is 11.0. The minimum Gasteiger partial charge on any atom is -0.374 e. The van der Waals surface area contributed by atoms with Crippen molar-refractivity contribution < 1.29 is 0 Å². The maximum Gasteiger partial charge on any atom is 0.200 e. The Morgan fingerprint density at radius 3 is 2.81 bits per heavy atom. The zero-order valence-electron chi connectivity index (χ0n) is 8.29. The van der Waals surface area contributed by atoms with Gasteiger partial charge in [0, 0.05) is 23.1 Å². The SMILES string of the molecule is Nc1nc(-c2nccc3ccccc23)ns1. The summed E-state index contributed by atoms with van der Waals surface area (Å²) in [6.45, 7) is 0. The Hall–Kier alpha value is -2.01. The lowest BCUT2D eigenvalue weighted by molar-refractivity contribution is 1.26. The lowest BCUT2D eigenvalue weighted by Crippen LogP contribution is -1.88. The number of anilines is 1. The topological polar surface area (TPSA) is 64.7 Å². The Morgan fingerprint density at radius 1 is 1.12 bits per heavy atom. The molecular weight excluding hydrogens is 220 g/mol. The lowest BCUT2D eigenvalue weighted by Gasteiger charge is -2.00. The van der Waals surface area contributed by atoms with Crippen LogP contribution in [0.5, 0.6) is 0 Å². The summed E-state index contributed by atoms with van der Waals surface area (Å²) in [7, 11) is 0. The fraction of sp³-hybridized carbons (Fsp3) is 0. The first kappa shape index (κ1) is 9.23. The third-order valence-electron chi connectivity index (χ3n) is 2.33. The Labute approximate surface area is 96.0 Å². The van der Waals surface area contributed by atoms with Crippen LogP contribution < -0.4 is 5.73 Å². The van der Waals surface area contributed by atoms with Crippen LogP contribution in [0.15, 0.2) is 36.5 Å². The van der Waals surface area contributed by atoms with Crippen LogP contribution in [0.2, 0.25) is 0 Å². The van der Waals surface area contributed by atoms with Crippen molar-refractivity contribution in [2.75, 3.05) is 5.73 Å². The molecule has 0 bridgehead atoms. The monoisotopic (exact) mass is 228 g/mol. The van der Waals surface area contributed by atoms with Crippen LogP contribution in [0.3, 0.4) is 0 Å². The smallest absolute Gasteiger partial charge is 0.200 e. The van der Waals surface area contributed by atoms with Gasteiger partial charge in [0.15, 0.2) is 11.0 Å². The van der Waals surface area contributed by atoms with Crippen molar-refractivity contribution in [3.8, 4) is 11.5 Å². The third-order valence-corrected chi connectivity index (χ3v) is 2.87. The number of hydrogen-bond donors (Lipinski definition) is 1. The van der Waals surface area contributed by atoms with Crippen molar-refractivity contribution in [2.45, 2.75) is 0 Å². The van der Waals surface area contributed by atoms with E-state index >= 15 is 0 Å². The minimum atomic E-state index is 0.463. The highest BCUT2D eigenvalue weighted by molar-refractivity contribution is 7.09. The Bertz CT molecular complexity index is 642. The zero-order valence-corrected chi connectivity index (χ0v) is 9.11. The van der Waals surface area contributed by atoms with E-state index < -0.39 is 0 Å². The van der Waals surface area contributed by atoms with Gasteiger partial charge in [0.2, 0.25) is 0 Å². The fourth-order valence-corrected chi connectivity index (χ4v) is 2.06. The minimum absolute atomic E-state index is 0.463. The fourth-order valence-electron chi connectivity index (χ4n) is 1.63. The maximum atomic E-state index is 5.58. The van der Waals surface area contributed by atoms with Gasteiger partial charge in [-0.3, -0.25) is 4.98 Å². The summed E-state index contributed by atoms with van der Waals surface area (Å²) in [6, 6.07) is 9.98. The van der Waals surface area contributed by atoms with E-state index in [0.717, 1.165) is 16.5 Å². The highest BCUT2D eigenvalue weighted by Crippen LogP contribution is 2.25. The molecule has 1 aromatic carbocycles. The molecule has 0 atom stereocenters. The molecule has 0 aliphatic heterocycles. The molecule has 0 aliphatic rings. The molecule has 5 heteroatoms. The molecule has 0 unspecified atom stereocenters. The van der Waals surface area contributed by atoms with Crippen molar-refractivity contribution in [2.24, 2.45) is 0 Å². The molecule has 2 N–H and O–H groups in total. The van der Waals surface area contributed by atoms with Gasteiger partial charge in [-0.2, -0.15) is 9.36 Å². The first-order chi connectivity index (χ1) is 7.84. The van der Waals surface area contributed by atoms with E-state index in [2.05, 4.69) is 14.3 Å². The number of nitrogens with two attached hydrogens (primary N) is 1. The Balaban J connectivity index is 2.31. The predicted molar refractivity (Wildman–Crippen MR) is 65.1 cm³/mol. The number of hydrogen-bond acceptors (Lipinski definition) is 5. The van der Waals surface area contributed by atoms with Gasteiger partial charge < -0.3 is 5.73 Å². The van der Waals surface area contributed by atoms with Crippen molar-refractivity contribution in [1.29, 1.82) is 0 Å². The maximum absolute atomic E-state index is 5.58. The van der Waals surface area contributed by atoms with Gasteiger partial charge in [-0.15, -0.1) is 0 Å². The second-order valence-corrected chi connectivity index (χ2v) is 4.12. The van der Waals surface area contributed by atoms with Gasteiger partial charge in [-0.05, 0) is 11.5 Å². The van der Waals surface area contributed by atoms with Crippen molar-refractivity contribution in [3.63, 3.8) is 0 Å². The molecular formula is C11H8N4S. The van der Waals surface area contributed by atoms with Crippen LogP contribution >= 0.6 is 11.5 Å². The van der Waals surface area contributed by atoms with E-state index in [1.807, 2.05) is 30.3 Å². The summed E-state index contributed by atoms with van der Waals surface area (Å²) in [6.07, 6.45) is 1.76. The van der Waals surface area contributed by atoms with Gasteiger partial charge >= 0.3 is 0 Å². The van der Waals surface area contributed by atoms with Gasteiger partial charge in [-0.25, -0.2) is 0 Å². The van der Waals surface area contributed by atoms with E-state index in [9.17, 15) is 0 Å². The van der Waals surface area contributed by atoms with Crippen LogP contribution in [0, 0.1) is 0 Å². The second kappa shape index (κ2) is 3.53. The van der Waals surface area contributed by atoms with Gasteiger partial charge in [0.1, 0.15) is 5.69 Å². The van der Waals surface area contributed by atoms with Crippen LogP contribution in [-0.2, 0) is 0 Å². The predicted octanol–water partition coefficient (Wildman–Crippen LogP) is 2.34. The van der Waals surface area contributed by atoms with Gasteiger partial charge in [0.25, 0.3) is 0 Å². The summed E-state index contributed by atoms with van der Waals surface area (Å²) in [5.41, 5.74) is 6.36. The number of aromatic nitrogens is 3. The van der Waals surface area contributed by atoms with Gasteiger partial charge in [-0.1, -0.05) is 24.3 Å². The molecule has 0 fully saturated rings. The number of benzene rings is 1. The van der Waals surface area contributed by atoms with E-state index in [1.165, 1.54) is 11.5 Å².